The second kappa shape index (κ2) is 6.35. The summed E-state index contributed by atoms with van der Waals surface area (Å²) in [4.78, 5) is 11.1. The molecule has 0 amide bonds. The Balaban J connectivity index is 3.65. The lowest BCUT2D eigenvalue weighted by Gasteiger charge is -2.18. The lowest BCUT2D eigenvalue weighted by molar-refractivity contribution is 0.0594. The quantitative estimate of drug-likeness (QED) is 0.785. The highest BCUT2D eigenvalue weighted by Gasteiger charge is 2.27. The first-order valence-corrected chi connectivity index (χ1v) is 8.27. The fraction of sp³-hybridized carbons (Fsp3) is 0.500. The normalized spacial score (nSPS) is 11.7. The van der Waals surface area contributed by atoms with Crippen LogP contribution in [0.15, 0.2) is 17.0 Å². The average molecular weight is 302 g/mol. The van der Waals surface area contributed by atoms with Gasteiger partial charge in [-0.05, 0) is 30.4 Å². The maximum Gasteiger partial charge on any atom is 0.340 e. The Hall–Kier alpha value is -1.43. The molecule has 0 atom stereocenters. The third-order valence-electron chi connectivity index (χ3n) is 3.33. The third-order valence-corrected chi connectivity index (χ3v) is 4.49. The van der Waals surface area contributed by atoms with Crippen molar-refractivity contribution < 1.29 is 22.3 Å². The van der Waals surface area contributed by atoms with Gasteiger partial charge in [0.25, 0.3) is 0 Å². The molecule has 0 heterocycles. The number of carbonyl (C=O) groups excluding carboxylic acids is 1. The third kappa shape index (κ3) is 3.17. The second-order valence-corrected chi connectivity index (χ2v) is 6.58. The molecule has 0 N–H and O–H groups in total. The fourth-order valence-corrected chi connectivity index (χ4v) is 3.36. The van der Waals surface area contributed by atoms with E-state index >= 15 is 0 Å². The smallest absolute Gasteiger partial charge is 0.340 e. The first-order chi connectivity index (χ1) is 9.27. The predicted molar refractivity (Wildman–Crippen MR) is 74.2 cm³/mol. The number of ether oxygens (including phenoxy) is 1. The number of carbonyl (C=O) groups is 1. The molecule has 1 aromatic rings. The van der Waals surface area contributed by atoms with Crippen LogP contribution in [-0.2, 0) is 14.6 Å². The van der Waals surface area contributed by atoms with Crippen LogP contribution in [0.1, 0.15) is 48.5 Å². The van der Waals surface area contributed by atoms with Gasteiger partial charge >= 0.3 is 5.97 Å². The van der Waals surface area contributed by atoms with E-state index in [9.17, 15) is 17.6 Å². The summed E-state index contributed by atoms with van der Waals surface area (Å²) in [6.07, 6.45) is 2.32. The van der Waals surface area contributed by atoms with Gasteiger partial charge in [0.15, 0.2) is 15.7 Å². The largest absolute Gasteiger partial charge is 0.465 e. The molecule has 0 radical (unpaired) electrons. The summed E-state index contributed by atoms with van der Waals surface area (Å²) in [5, 5.41) is 0. The summed E-state index contributed by atoms with van der Waals surface area (Å²) in [6.45, 7) is 3.82. The van der Waals surface area contributed by atoms with Gasteiger partial charge in [-0.3, -0.25) is 0 Å². The van der Waals surface area contributed by atoms with Crippen LogP contribution in [0.5, 0.6) is 0 Å². The zero-order chi connectivity index (χ0) is 15.5. The van der Waals surface area contributed by atoms with Gasteiger partial charge < -0.3 is 4.74 Å². The van der Waals surface area contributed by atoms with Crippen molar-refractivity contribution in [1.29, 1.82) is 0 Å². The van der Waals surface area contributed by atoms with Gasteiger partial charge in [-0.2, -0.15) is 0 Å². The van der Waals surface area contributed by atoms with E-state index in [2.05, 4.69) is 4.74 Å². The molecule has 20 heavy (non-hydrogen) atoms. The number of hydrogen-bond acceptors (Lipinski definition) is 4. The maximum atomic E-state index is 14.4. The number of benzene rings is 1. The molecular weight excluding hydrogens is 283 g/mol. The molecule has 4 nitrogen and oxygen atoms in total. The van der Waals surface area contributed by atoms with Crippen LogP contribution < -0.4 is 0 Å². The first kappa shape index (κ1) is 16.6. The topological polar surface area (TPSA) is 60.4 Å². The first-order valence-electron chi connectivity index (χ1n) is 6.38. The molecule has 0 aliphatic heterocycles. The summed E-state index contributed by atoms with van der Waals surface area (Å²) in [7, 11) is -2.65. The maximum absolute atomic E-state index is 14.4. The van der Waals surface area contributed by atoms with Crippen LogP contribution in [-0.4, -0.2) is 27.8 Å². The average Bonchev–Trinajstić information content (AvgIpc) is 2.38. The van der Waals surface area contributed by atoms with Crippen molar-refractivity contribution in [2.45, 2.75) is 37.5 Å². The number of esters is 1. The summed E-state index contributed by atoms with van der Waals surface area (Å²) in [5.74, 6) is -1.98. The Bertz CT molecular complexity index is 604. The molecule has 0 aliphatic carbocycles. The van der Waals surface area contributed by atoms with Gasteiger partial charge in [-0.1, -0.05) is 19.9 Å². The van der Waals surface area contributed by atoms with Crippen LogP contribution in [0.25, 0.3) is 0 Å². The Kier molecular flexibility index (Phi) is 5.28. The molecule has 0 aromatic heterocycles. The van der Waals surface area contributed by atoms with Crippen molar-refractivity contribution in [1.82, 2.24) is 0 Å². The van der Waals surface area contributed by atoms with E-state index in [4.69, 9.17) is 0 Å². The Morgan fingerprint density at radius 1 is 1.30 bits per heavy atom. The summed E-state index contributed by atoms with van der Waals surface area (Å²) in [5.41, 5.74) is 0.0604. The standard InChI is InChI=1S/C14H19FO4S/c1-5-9(6-2)10-7-8-11(14(16)19-3)12(15)13(10)20(4,17)18/h7-9H,5-6H2,1-4H3. The minimum Gasteiger partial charge on any atom is -0.465 e. The molecule has 1 rings (SSSR count). The van der Waals surface area contributed by atoms with E-state index < -0.39 is 26.5 Å². The summed E-state index contributed by atoms with van der Waals surface area (Å²) < 4.78 is 42.6. The highest BCUT2D eigenvalue weighted by atomic mass is 32.2. The van der Waals surface area contributed by atoms with Gasteiger partial charge in [0, 0.05) is 6.26 Å². The van der Waals surface area contributed by atoms with E-state index in [0.717, 1.165) is 13.4 Å². The fourth-order valence-electron chi connectivity index (χ4n) is 2.27. The SMILES string of the molecule is CCC(CC)c1ccc(C(=O)OC)c(F)c1S(C)(=O)=O. The molecule has 0 aliphatic rings. The molecule has 0 bridgehead atoms. The molecule has 0 saturated heterocycles. The molecular formula is C14H19FO4S. The molecule has 1 aromatic carbocycles. The van der Waals surface area contributed by atoms with Gasteiger partial charge in [0.2, 0.25) is 0 Å². The predicted octanol–water partition coefficient (Wildman–Crippen LogP) is 2.92. The molecule has 112 valence electrons. The lowest BCUT2D eigenvalue weighted by Crippen LogP contribution is -2.14. The van der Waals surface area contributed by atoms with Crippen LogP contribution in [0, 0.1) is 5.82 Å². The Labute approximate surface area is 118 Å². The Morgan fingerprint density at radius 2 is 1.85 bits per heavy atom. The van der Waals surface area contributed by atoms with Crippen molar-refractivity contribution in [2.24, 2.45) is 0 Å². The molecule has 0 unspecified atom stereocenters. The number of rotatable bonds is 5. The van der Waals surface area contributed by atoms with E-state index in [0.29, 0.717) is 18.4 Å². The van der Waals surface area contributed by atoms with Crippen LogP contribution in [0.3, 0.4) is 0 Å². The number of hydrogen-bond donors (Lipinski definition) is 0. The highest BCUT2D eigenvalue weighted by molar-refractivity contribution is 7.90. The highest BCUT2D eigenvalue weighted by Crippen LogP contribution is 2.32. The van der Waals surface area contributed by atoms with E-state index in [1.165, 1.54) is 12.1 Å². The molecule has 6 heteroatoms. The number of sulfone groups is 1. The zero-order valence-corrected chi connectivity index (χ0v) is 12.9. The second-order valence-electron chi connectivity index (χ2n) is 4.62. The summed E-state index contributed by atoms with van der Waals surface area (Å²) >= 11 is 0. The molecule has 0 fully saturated rings. The Morgan fingerprint density at radius 3 is 2.25 bits per heavy atom. The van der Waals surface area contributed by atoms with Crippen LogP contribution in [0.4, 0.5) is 4.39 Å². The van der Waals surface area contributed by atoms with Crippen LogP contribution in [0.2, 0.25) is 0 Å². The number of halogens is 1. The van der Waals surface area contributed by atoms with Crippen LogP contribution >= 0.6 is 0 Å². The van der Waals surface area contributed by atoms with E-state index in [-0.39, 0.29) is 11.5 Å². The van der Waals surface area contributed by atoms with Gasteiger partial charge in [0.05, 0.1) is 12.7 Å². The van der Waals surface area contributed by atoms with Gasteiger partial charge in [0.1, 0.15) is 4.90 Å². The van der Waals surface area contributed by atoms with E-state index in [1.54, 1.807) is 0 Å². The van der Waals surface area contributed by atoms with Crippen molar-refractivity contribution in [3.63, 3.8) is 0 Å². The van der Waals surface area contributed by atoms with Crippen molar-refractivity contribution in [3.8, 4) is 0 Å². The monoisotopic (exact) mass is 302 g/mol. The van der Waals surface area contributed by atoms with Crippen molar-refractivity contribution >= 4 is 15.8 Å². The van der Waals surface area contributed by atoms with Gasteiger partial charge in [-0.25, -0.2) is 17.6 Å². The number of methoxy groups -OCH3 is 1. The van der Waals surface area contributed by atoms with Gasteiger partial charge in [-0.15, -0.1) is 0 Å². The van der Waals surface area contributed by atoms with E-state index in [1.807, 2.05) is 13.8 Å². The lowest BCUT2D eigenvalue weighted by atomic mass is 9.93. The minimum atomic E-state index is -3.78. The zero-order valence-electron chi connectivity index (χ0n) is 12.1. The van der Waals surface area contributed by atoms with Crippen molar-refractivity contribution in [2.75, 3.05) is 13.4 Å². The summed E-state index contributed by atoms with van der Waals surface area (Å²) in [6, 6.07) is 2.78. The molecule has 0 spiro atoms. The molecule has 0 saturated carbocycles. The van der Waals surface area contributed by atoms with Crippen molar-refractivity contribution in [3.05, 3.63) is 29.1 Å². The minimum absolute atomic E-state index is 0.0686.